The molecule has 3 heterocycles. The van der Waals surface area contributed by atoms with Crippen molar-refractivity contribution >= 4 is 60.6 Å². The van der Waals surface area contributed by atoms with Crippen LogP contribution in [0.3, 0.4) is 0 Å². The molecule has 1 aliphatic heterocycles. The van der Waals surface area contributed by atoms with Gasteiger partial charge in [0, 0.05) is 13.2 Å². The summed E-state index contributed by atoms with van der Waals surface area (Å²) in [7, 11) is -3.78. The fourth-order valence-electron chi connectivity index (χ4n) is 2.41. The number of thioether (sulfide) groups is 1. The predicted molar refractivity (Wildman–Crippen MR) is 107 cm³/mol. The molecule has 0 aromatic carbocycles. The molecule has 0 spiro atoms. The number of amides is 1. The van der Waals surface area contributed by atoms with E-state index in [4.69, 9.17) is 10.5 Å². The SMILES string of the molecule is Nc1nc(SCC(=O)NC[C@@H]2CCCO2)ncc1S(=O)(=O)c1ccc(Br)s1. The van der Waals surface area contributed by atoms with Crippen molar-refractivity contribution in [2.24, 2.45) is 0 Å². The molecule has 27 heavy (non-hydrogen) atoms. The first-order valence-corrected chi connectivity index (χ1v) is 12.1. The van der Waals surface area contributed by atoms with E-state index in [1.807, 2.05) is 0 Å². The van der Waals surface area contributed by atoms with Gasteiger partial charge in [0.25, 0.3) is 0 Å². The maximum absolute atomic E-state index is 12.6. The molecule has 8 nitrogen and oxygen atoms in total. The van der Waals surface area contributed by atoms with Crippen molar-refractivity contribution < 1.29 is 17.9 Å². The van der Waals surface area contributed by atoms with Crippen molar-refractivity contribution in [3.05, 3.63) is 22.1 Å². The fourth-order valence-corrected chi connectivity index (χ4v) is 6.46. The van der Waals surface area contributed by atoms with Crippen LogP contribution >= 0.6 is 39.0 Å². The lowest BCUT2D eigenvalue weighted by Gasteiger charge is -2.10. The van der Waals surface area contributed by atoms with Crippen molar-refractivity contribution in [1.82, 2.24) is 15.3 Å². The van der Waals surface area contributed by atoms with E-state index in [1.165, 1.54) is 12.3 Å². The maximum Gasteiger partial charge on any atom is 0.230 e. The number of aromatic nitrogens is 2. The number of nitrogen functional groups attached to an aromatic ring is 1. The zero-order chi connectivity index (χ0) is 19.4. The molecule has 0 saturated carbocycles. The molecule has 0 radical (unpaired) electrons. The number of hydrogen-bond donors (Lipinski definition) is 2. The normalized spacial score (nSPS) is 17.1. The lowest BCUT2D eigenvalue weighted by molar-refractivity contribution is -0.119. The number of nitrogens with two attached hydrogens (primary N) is 1. The Labute approximate surface area is 173 Å². The first kappa shape index (κ1) is 20.5. The lowest BCUT2D eigenvalue weighted by Crippen LogP contribution is -2.32. The summed E-state index contributed by atoms with van der Waals surface area (Å²) >= 11 is 5.41. The number of carbonyl (C=O) groups is 1. The second-order valence-corrected chi connectivity index (χ2v) is 11.2. The minimum Gasteiger partial charge on any atom is -0.382 e. The Hall–Kier alpha value is -1.21. The third kappa shape index (κ3) is 5.19. The van der Waals surface area contributed by atoms with Gasteiger partial charge in [-0.25, -0.2) is 18.4 Å². The van der Waals surface area contributed by atoms with Crippen molar-refractivity contribution in [2.75, 3.05) is 24.6 Å². The number of sulfone groups is 1. The van der Waals surface area contributed by atoms with Gasteiger partial charge in [0.1, 0.15) is 14.9 Å². The highest BCUT2D eigenvalue weighted by Crippen LogP contribution is 2.32. The molecule has 1 amide bonds. The quantitative estimate of drug-likeness (QED) is 0.444. The minimum atomic E-state index is -3.78. The zero-order valence-corrected chi connectivity index (χ0v) is 18.1. The average Bonchev–Trinajstić information content (AvgIpc) is 3.29. The van der Waals surface area contributed by atoms with Crippen molar-refractivity contribution in [3.8, 4) is 0 Å². The molecule has 2 aromatic rings. The standard InChI is InChI=1S/C15H17BrN4O4S3/c16-11-3-4-13(26-11)27(22,23)10-7-19-15(20-14(10)17)25-8-12(21)18-6-9-2-1-5-24-9/h3-4,7,9H,1-2,5-6,8H2,(H,18,21)(H2,17,19,20)/t9-/m0/s1. The molecule has 1 saturated heterocycles. The molecule has 1 atom stereocenters. The number of anilines is 1. The summed E-state index contributed by atoms with van der Waals surface area (Å²) < 4.78 is 31.5. The molecule has 1 aliphatic rings. The monoisotopic (exact) mass is 492 g/mol. The third-order valence-corrected chi connectivity index (χ3v) is 8.49. The van der Waals surface area contributed by atoms with Crippen LogP contribution in [0.4, 0.5) is 5.82 Å². The summed E-state index contributed by atoms with van der Waals surface area (Å²) in [5, 5.41) is 3.04. The number of carbonyl (C=O) groups excluding carboxylic acids is 1. The highest BCUT2D eigenvalue weighted by Gasteiger charge is 2.24. The smallest absolute Gasteiger partial charge is 0.230 e. The molecule has 2 aromatic heterocycles. The molecule has 3 rings (SSSR count). The number of nitrogens with one attached hydrogen (secondary N) is 1. The van der Waals surface area contributed by atoms with Gasteiger partial charge in [-0.1, -0.05) is 11.8 Å². The molecule has 1 fully saturated rings. The van der Waals surface area contributed by atoms with Crippen LogP contribution in [0.15, 0.2) is 36.4 Å². The molecule has 0 bridgehead atoms. The molecule has 12 heteroatoms. The van der Waals surface area contributed by atoms with Crippen molar-refractivity contribution in [1.29, 1.82) is 0 Å². The molecular weight excluding hydrogens is 476 g/mol. The Balaban J connectivity index is 1.60. The van der Waals surface area contributed by atoms with Gasteiger partial charge >= 0.3 is 0 Å². The molecule has 146 valence electrons. The van der Waals surface area contributed by atoms with Crippen LogP contribution in [-0.4, -0.2) is 49.3 Å². The van der Waals surface area contributed by atoms with Crippen LogP contribution in [0.25, 0.3) is 0 Å². The maximum atomic E-state index is 12.6. The summed E-state index contributed by atoms with van der Waals surface area (Å²) in [5.41, 5.74) is 5.83. The van der Waals surface area contributed by atoms with E-state index < -0.39 is 9.84 Å². The number of hydrogen-bond acceptors (Lipinski definition) is 9. The topological polar surface area (TPSA) is 124 Å². The zero-order valence-electron chi connectivity index (χ0n) is 14.1. The van der Waals surface area contributed by atoms with Gasteiger partial charge in [0.05, 0.1) is 21.8 Å². The van der Waals surface area contributed by atoms with E-state index in [-0.39, 0.29) is 37.8 Å². The summed E-state index contributed by atoms with van der Waals surface area (Å²) in [4.78, 5) is 19.8. The number of thiophene rings is 1. The number of ether oxygens (including phenoxy) is 1. The molecule has 3 N–H and O–H groups in total. The lowest BCUT2D eigenvalue weighted by atomic mass is 10.2. The number of nitrogens with zero attached hydrogens (tertiary/aromatic N) is 2. The molecule has 0 unspecified atom stereocenters. The predicted octanol–water partition coefficient (Wildman–Crippen LogP) is 2.10. The largest absolute Gasteiger partial charge is 0.382 e. The van der Waals surface area contributed by atoms with E-state index in [9.17, 15) is 13.2 Å². The van der Waals surface area contributed by atoms with Crippen LogP contribution in [-0.2, 0) is 19.4 Å². The van der Waals surface area contributed by atoms with Crippen LogP contribution in [0.2, 0.25) is 0 Å². The Bertz CT molecular complexity index is 929. The number of rotatable bonds is 7. The highest BCUT2D eigenvalue weighted by molar-refractivity contribution is 9.11. The summed E-state index contributed by atoms with van der Waals surface area (Å²) in [5.74, 6) is -0.203. The van der Waals surface area contributed by atoms with E-state index in [1.54, 1.807) is 6.07 Å². The van der Waals surface area contributed by atoms with Gasteiger partial charge in [-0.2, -0.15) is 0 Å². The summed E-state index contributed by atoms with van der Waals surface area (Å²) in [6, 6.07) is 3.14. The minimum absolute atomic E-state index is 0.0765. The second kappa shape index (κ2) is 8.86. The highest BCUT2D eigenvalue weighted by atomic mass is 79.9. The number of halogens is 1. The average molecular weight is 493 g/mol. The van der Waals surface area contributed by atoms with E-state index in [2.05, 4.69) is 31.2 Å². The third-order valence-electron chi connectivity index (χ3n) is 3.75. The van der Waals surface area contributed by atoms with Gasteiger partial charge in [0.15, 0.2) is 5.16 Å². The molecule has 0 aliphatic carbocycles. The van der Waals surface area contributed by atoms with Gasteiger partial charge in [0.2, 0.25) is 15.7 Å². The van der Waals surface area contributed by atoms with E-state index in [0.717, 1.165) is 42.5 Å². The Morgan fingerprint density at radius 2 is 2.30 bits per heavy atom. The Morgan fingerprint density at radius 1 is 1.48 bits per heavy atom. The van der Waals surface area contributed by atoms with Gasteiger partial charge in [-0.05, 0) is 40.9 Å². The summed E-state index contributed by atoms with van der Waals surface area (Å²) in [6.45, 7) is 1.22. The van der Waals surface area contributed by atoms with Crippen LogP contribution in [0, 0.1) is 0 Å². The van der Waals surface area contributed by atoms with Crippen LogP contribution < -0.4 is 11.1 Å². The fraction of sp³-hybridized carbons (Fsp3) is 0.400. The first-order valence-electron chi connectivity index (χ1n) is 8.00. The van der Waals surface area contributed by atoms with Crippen molar-refractivity contribution in [3.63, 3.8) is 0 Å². The van der Waals surface area contributed by atoms with E-state index >= 15 is 0 Å². The second-order valence-electron chi connectivity index (χ2n) is 5.69. The Kier molecular flexibility index (Phi) is 6.74. The van der Waals surface area contributed by atoms with Crippen LogP contribution in [0.5, 0.6) is 0 Å². The molecular formula is C15H17BrN4O4S3. The summed E-state index contributed by atoms with van der Waals surface area (Å²) in [6.07, 6.45) is 3.22. The van der Waals surface area contributed by atoms with E-state index in [0.29, 0.717) is 10.3 Å². The Morgan fingerprint density at radius 3 is 2.93 bits per heavy atom. The first-order chi connectivity index (χ1) is 12.9. The van der Waals surface area contributed by atoms with Crippen LogP contribution in [0.1, 0.15) is 12.8 Å². The van der Waals surface area contributed by atoms with Crippen molar-refractivity contribution in [2.45, 2.75) is 33.2 Å². The van der Waals surface area contributed by atoms with Gasteiger partial charge in [-0.3, -0.25) is 4.79 Å². The van der Waals surface area contributed by atoms with Gasteiger partial charge < -0.3 is 15.8 Å². The van der Waals surface area contributed by atoms with Gasteiger partial charge in [-0.15, -0.1) is 11.3 Å².